The Morgan fingerprint density at radius 1 is 1.29 bits per heavy atom. The van der Waals surface area contributed by atoms with Crippen LogP contribution in [0.4, 0.5) is 13.2 Å². The molecule has 1 aliphatic rings. The van der Waals surface area contributed by atoms with Gasteiger partial charge in [-0.2, -0.15) is 0 Å². The van der Waals surface area contributed by atoms with Gasteiger partial charge in [-0.05, 0) is 15.9 Å². The molecule has 0 heterocycles. The highest BCUT2D eigenvalue weighted by Gasteiger charge is 2.68. The second-order valence-electron chi connectivity index (χ2n) is 1.48. The number of halogens is 4. The van der Waals surface area contributed by atoms with Crippen molar-refractivity contribution >= 4 is 15.9 Å². The molecule has 0 saturated heterocycles. The molecule has 1 rings (SSSR count). The molecule has 4 heteroatoms. The Kier molecular flexibility index (Phi) is 0.894. The fourth-order valence-corrected chi connectivity index (χ4v) is 0.587. The first-order valence-electron chi connectivity index (χ1n) is 1.73. The smallest absolute Gasteiger partial charge is 0.232 e. The van der Waals surface area contributed by atoms with Crippen LogP contribution in [0.25, 0.3) is 0 Å². The molecule has 0 radical (unpaired) electrons. The fourth-order valence-electron chi connectivity index (χ4n) is 0.255. The molecule has 42 valence electrons. The first-order chi connectivity index (χ1) is 3.07. The Morgan fingerprint density at radius 3 is 1.43 bits per heavy atom. The molecule has 2 atom stereocenters. The zero-order valence-electron chi connectivity index (χ0n) is 3.17. The van der Waals surface area contributed by atoms with Crippen molar-refractivity contribution in [3.8, 4) is 0 Å². The van der Waals surface area contributed by atoms with Crippen LogP contribution in [0.5, 0.6) is 0 Å². The van der Waals surface area contributed by atoms with Gasteiger partial charge in [0.2, 0.25) is 4.58 Å². The summed E-state index contributed by atoms with van der Waals surface area (Å²) in [5.74, 6) is 0. The van der Waals surface area contributed by atoms with E-state index in [4.69, 9.17) is 0 Å². The maximum absolute atomic E-state index is 11.8. The van der Waals surface area contributed by atoms with Crippen LogP contribution in [0, 0.1) is 0 Å². The van der Waals surface area contributed by atoms with Crippen LogP contribution in [0.3, 0.4) is 0 Å². The average molecular weight is 175 g/mol. The van der Waals surface area contributed by atoms with Gasteiger partial charge in [-0.1, -0.05) is 0 Å². The van der Waals surface area contributed by atoms with Crippen molar-refractivity contribution in [2.75, 3.05) is 0 Å². The Morgan fingerprint density at radius 2 is 1.43 bits per heavy atom. The summed E-state index contributed by atoms with van der Waals surface area (Å²) >= 11 is 2.20. The van der Waals surface area contributed by atoms with Crippen LogP contribution in [0.15, 0.2) is 0 Å². The topological polar surface area (TPSA) is 0 Å². The molecule has 2 unspecified atom stereocenters. The maximum atomic E-state index is 11.8. The Balaban J connectivity index is 2.52. The van der Waals surface area contributed by atoms with E-state index in [-0.39, 0.29) is 0 Å². The minimum atomic E-state index is -2.35. The molecule has 0 aliphatic heterocycles. The molecule has 1 aliphatic carbocycles. The van der Waals surface area contributed by atoms with E-state index in [1.54, 1.807) is 0 Å². The predicted molar refractivity (Wildman–Crippen MR) is 22.6 cm³/mol. The standard InChI is InChI=1S/C3H2BrF3/c4-3(7)1(5)2(3)6/h1-2H. The van der Waals surface area contributed by atoms with E-state index in [1.807, 2.05) is 0 Å². The third kappa shape index (κ3) is 0.561. The largest absolute Gasteiger partial charge is 0.239 e. The predicted octanol–water partition coefficient (Wildman–Crippen LogP) is 1.74. The summed E-state index contributed by atoms with van der Waals surface area (Å²) in [6.45, 7) is 0. The molecule has 0 aromatic heterocycles. The van der Waals surface area contributed by atoms with Gasteiger partial charge in [0.1, 0.15) is 0 Å². The number of hydrogen-bond acceptors (Lipinski definition) is 0. The maximum Gasteiger partial charge on any atom is 0.232 e. The monoisotopic (exact) mass is 174 g/mol. The van der Waals surface area contributed by atoms with Gasteiger partial charge in [-0.15, -0.1) is 0 Å². The third-order valence-corrected chi connectivity index (χ3v) is 1.76. The lowest BCUT2D eigenvalue weighted by Crippen LogP contribution is -1.89. The van der Waals surface area contributed by atoms with Gasteiger partial charge in [-0.3, -0.25) is 0 Å². The molecule has 0 aromatic rings. The first kappa shape index (κ1) is 5.41. The summed E-state index contributed by atoms with van der Waals surface area (Å²) in [5.41, 5.74) is 0. The van der Waals surface area contributed by atoms with E-state index in [0.29, 0.717) is 0 Å². The third-order valence-electron chi connectivity index (χ3n) is 0.883. The van der Waals surface area contributed by atoms with Crippen molar-refractivity contribution in [2.24, 2.45) is 0 Å². The fraction of sp³-hybridized carbons (Fsp3) is 1.00. The summed E-state index contributed by atoms with van der Waals surface area (Å²) in [4.78, 5) is 0. The summed E-state index contributed by atoms with van der Waals surface area (Å²) in [7, 11) is 0. The number of hydrogen-bond donors (Lipinski definition) is 0. The van der Waals surface area contributed by atoms with Gasteiger partial charge >= 0.3 is 0 Å². The molecule has 0 N–H and O–H groups in total. The van der Waals surface area contributed by atoms with Gasteiger partial charge in [-0.25, -0.2) is 13.2 Å². The van der Waals surface area contributed by atoms with E-state index >= 15 is 0 Å². The molecule has 0 bridgehead atoms. The van der Waals surface area contributed by atoms with Crippen LogP contribution in [-0.4, -0.2) is 16.9 Å². The van der Waals surface area contributed by atoms with Gasteiger partial charge < -0.3 is 0 Å². The molecule has 7 heavy (non-hydrogen) atoms. The SMILES string of the molecule is FC1C(F)C1(F)Br. The van der Waals surface area contributed by atoms with Crippen LogP contribution in [-0.2, 0) is 0 Å². The Labute approximate surface area is 46.8 Å². The molecule has 1 fully saturated rings. The zero-order chi connectivity index (χ0) is 5.65. The van der Waals surface area contributed by atoms with Crippen molar-refractivity contribution in [2.45, 2.75) is 16.9 Å². The minimum Gasteiger partial charge on any atom is -0.239 e. The summed E-state index contributed by atoms with van der Waals surface area (Å²) in [6.07, 6.45) is -3.90. The Bertz CT molecular complexity index is 82.2. The van der Waals surface area contributed by atoms with E-state index in [0.717, 1.165) is 0 Å². The van der Waals surface area contributed by atoms with Crippen LogP contribution >= 0.6 is 15.9 Å². The van der Waals surface area contributed by atoms with Crippen molar-refractivity contribution in [1.29, 1.82) is 0 Å². The molecule has 0 aromatic carbocycles. The lowest BCUT2D eigenvalue weighted by Gasteiger charge is -1.81. The summed E-state index contributed by atoms with van der Waals surface area (Å²) in [6, 6.07) is 0. The van der Waals surface area contributed by atoms with Crippen molar-refractivity contribution in [3.05, 3.63) is 0 Å². The minimum absolute atomic E-state index is 1.95. The highest BCUT2D eigenvalue weighted by molar-refractivity contribution is 9.10. The lowest BCUT2D eigenvalue weighted by atomic mass is 10.9. The second-order valence-corrected chi connectivity index (χ2v) is 2.69. The van der Waals surface area contributed by atoms with Gasteiger partial charge in [0.05, 0.1) is 0 Å². The molecule has 0 nitrogen and oxygen atoms in total. The van der Waals surface area contributed by atoms with Crippen LogP contribution in [0.2, 0.25) is 0 Å². The van der Waals surface area contributed by atoms with E-state index in [9.17, 15) is 13.2 Å². The van der Waals surface area contributed by atoms with Crippen molar-refractivity contribution < 1.29 is 13.2 Å². The normalized spacial score (nSPS) is 60.0. The molecule has 1 saturated carbocycles. The molecule has 0 amide bonds. The number of alkyl halides is 4. The molecular formula is C3H2BrF3. The van der Waals surface area contributed by atoms with E-state index in [1.165, 1.54) is 0 Å². The van der Waals surface area contributed by atoms with Gasteiger partial charge in [0.15, 0.2) is 12.3 Å². The quantitative estimate of drug-likeness (QED) is 0.491. The summed E-state index contributed by atoms with van der Waals surface area (Å²) in [5, 5.41) is 0. The highest BCUT2D eigenvalue weighted by Crippen LogP contribution is 2.51. The van der Waals surface area contributed by atoms with Crippen LogP contribution in [0.1, 0.15) is 0 Å². The van der Waals surface area contributed by atoms with Gasteiger partial charge in [0, 0.05) is 0 Å². The molecular weight excluding hydrogens is 173 g/mol. The van der Waals surface area contributed by atoms with Crippen molar-refractivity contribution in [3.63, 3.8) is 0 Å². The average Bonchev–Trinajstić information content (AvgIpc) is 1.91. The second kappa shape index (κ2) is 1.16. The summed E-state index contributed by atoms with van der Waals surface area (Å²) < 4.78 is 32.4. The first-order valence-corrected chi connectivity index (χ1v) is 2.52. The van der Waals surface area contributed by atoms with Gasteiger partial charge in [0.25, 0.3) is 0 Å². The number of rotatable bonds is 0. The van der Waals surface area contributed by atoms with Crippen LogP contribution < -0.4 is 0 Å². The lowest BCUT2D eigenvalue weighted by molar-refractivity contribution is 0.344. The Hall–Kier alpha value is 0.270. The molecule has 0 spiro atoms. The van der Waals surface area contributed by atoms with E-state index in [2.05, 4.69) is 15.9 Å². The highest BCUT2D eigenvalue weighted by atomic mass is 79.9. The zero-order valence-corrected chi connectivity index (χ0v) is 4.75. The van der Waals surface area contributed by atoms with E-state index < -0.39 is 16.9 Å². The van der Waals surface area contributed by atoms with Crippen molar-refractivity contribution in [1.82, 2.24) is 0 Å².